The maximum absolute atomic E-state index is 14.2. The van der Waals surface area contributed by atoms with E-state index in [-0.39, 0.29) is 18.1 Å². The van der Waals surface area contributed by atoms with E-state index in [1.807, 2.05) is 81.4 Å². The Labute approximate surface area is 279 Å². The number of para-hydroxylation sites is 1. The van der Waals surface area contributed by atoms with Gasteiger partial charge in [0.15, 0.2) is 16.3 Å². The van der Waals surface area contributed by atoms with Crippen molar-refractivity contribution in [1.82, 2.24) is 9.47 Å². The van der Waals surface area contributed by atoms with Crippen molar-refractivity contribution in [3.63, 3.8) is 0 Å². The number of benzene rings is 3. The normalized spacial score (nSPS) is 14.6. The zero-order valence-electron chi connectivity index (χ0n) is 25.6. The van der Waals surface area contributed by atoms with Crippen molar-refractivity contribution < 1.29 is 19.0 Å². The number of likely N-dealkylation sites (N-methyl/N-ethyl adjacent to an activating group) is 1. The molecule has 0 saturated carbocycles. The van der Waals surface area contributed by atoms with Crippen LogP contribution in [0, 0.1) is 0 Å². The molecule has 1 atom stereocenters. The Morgan fingerprint density at radius 3 is 2.44 bits per heavy atom. The predicted octanol–water partition coefficient (Wildman–Crippen LogP) is 6.12. The number of ether oxygens (including phenoxy) is 3. The van der Waals surface area contributed by atoms with Crippen molar-refractivity contribution in [2.24, 2.45) is 4.99 Å². The van der Waals surface area contributed by atoms with E-state index in [1.54, 1.807) is 29.8 Å². The molecule has 0 aliphatic carbocycles. The molecule has 1 aromatic heterocycles. The second-order valence-corrected chi connectivity index (χ2v) is 12.5. The van der Waals surface area contributed by atoms with E-state index < -0.39 is 6.04 Å². The van der Waals surface area contributed by atoms with E-state index in [2.05, 4.69) is 15.9 Å². The first-order valence-electron chi connectivity index (χ1n) is 14.4. The van der Waals surface area contributed by atoms with Crippen LogP contribution >= 0.6 is 38.9 Å². The molecule has 4 aromatic rings. The lowest BCUT2D eigenvalue weighted by Crippen LogP contribution is -2.43. The molecule has 1 amide bonds. The largest absolute Gasteiger partial charge is 0.496 e. The van der Waals surface area contributed by atoms with E-state index in [0.29, 0.717) is 66.0 Å². The van der Waals surface area contributed by atoms with Crippen molar-refractivity contribution in [2.75, 3.05) is 27.3 Å². The number of allylic oxidation sites excluding steroid dienone is 1. The third-order valence-corrected chi connectivity index (χ3v) is 9.56. The molecule has 0 spiro atoms. The summed E-state index contributed by atoms with van der Waals surface area (Å²) in [5.74, 6) is 1.43. The number of hydrogen-bond acceptors (Lipinski definition) is 7. The third-order valence-electron chi connectivity index (χ3n) is 7.62. The van der Waals surface area contributed by atoms with Gasteiger partial charge in [0, 0.05) is 29.2 Å². The molecule has 8 nitrogen and oxygen atoms in total. The highest BCUT2D eigenvalue weighted by Gasteiger charge is 2.35. The second kappa shape index (κ2) is 14.1. The molecule has 5 rings (SSSR count). The lowest BCUT2D eigenvalue weighted by Gasteiger charge is -2.29. The molecular weight excluding hydrogens is 678 g/mol. The van der Waals surface area contributed by atoms with Crippen LogP contribution < -0.4 is 29.1 Å². The van der Waals surface area contributed by atoms with Crippen LogP contribution in [0.2, 0.25) is 5.02 Å². The number of fused-ring (bicyclic) bond motifs is 1. The summed E-state index contributed by atoms with van der Waals surface area (Å²) < 4.78 is 20.2. The molecule has 234 valence electrons. The number of methoxy groups -OCH3 is 2. The van der Waals surface area contributed by atoms with Gasteiger partial charge in [-0.1, -0.05) is 59.3 Å². The van der Waals surface area contributed by atoms with Gasteiger partial charge in [0.1, 0.15) is 18.4 Å². The Balaban J connectivity index is 1.62. The van der Waals surface area contributed by atoms with Gasteiger partial charge in [-0.2, -0.15) is 0 Å². The summed E-state index contributed by atoms with van der Waals surface area (Å²) in [5, 5.41) is 0.614. The summed E-state index contributed by atoms with van der Waals surface area (Å²) in [5.41, 5.74) is 3.03. The topological polar surface area (TPSA) is 82.4 Å². The number of amides is 1. The monoisotopic (exact) mass is 709 g/mol. The summed E-state index contributed by atoms with van der Waals surface area (Å²) in [6.07, 6.45) is 1.79. The number of nitrogens with zero attached hydrogens (tertiary/aromatic N) is 3. The fourth-order valence-electron chi connectivity index (χ4n) is 5.34. The number of hydrogen-bond donors (Lipinski definition) is 0. The molecule has 11 heteroatoms. The fourth-order valence-corrected chi connectivity index (χ4v) is 7.15. The zero-order valence-corrected chi connectivity index (χ0v) is 28.8. The number of rotatable bonds is 10. The van der Waals surface area contributed by atoms with Gasteiger partial charge in [0.05, 0.1) is 34.5 Å². The number of carbonyl (C=O) groups is 1. The first-order chi connectivity index (χ1) is 21.7. The summed E-state index contributed by atoms with van der Waals surface area (Å²) in [4.78, 5) is 35.1. The van der Waals surface area contributed by atoms with Crippen LogP contribution in [0.5, 0.6) is 17.2 Å². The van der Waals surface area contributed by atoms with E-state index in [9.17, 15) is 9.59 Å². The summed E-state index contributed by atoms with van der Waals surface area (Å²) in [6.45, 7) is 7.01. The molecule has 0 unspecified atom stereocenters. The van der Waals surface area contributed by atoms with Crippen molar-refractivity contribution in [2.45, 2.75) is 33.4 Å². The molecule has 1 aliphatic heterocycles. The highest BCUT2D eigenvalue weighted by Crippen LogP contribution is 2.38. The first kappa shape index (κ1) is 32.5. The van der Waals surface area contributed by atoms with Gasteiger partial charge in [0.25, 0.3) is 11.5 Å². The molecule has 3 aromatic carbocycles. The Morgan fingerprint density at radius 2 is 1.76 bits per heavy atom. The molecule has 1 aliphatic rings. The first-order valence-corrected chi connectivity index (χ1v) is 16.4. The molecule has 0 bridgehead atoms. The maximum atomic E-state index is 14.2. The molecular formula is C34H33BrClN3O5S. The van der Waals surface area contributed by atoms with Crippen LogP contribution in [0.25, 0.3) is 6.08 Å². The van der Waals surface area contributed by atoms with Crippen LogP contribution in [-0.2, 0) is 11.4 Å². The SMILES string of the molecule is CCN(CC)C(=O)C1=C(C)N=c2s/c(=C/c3cc(Br)c(OCc4ccccc4Cl)c(OC)c3)c(=O)n2[C@@H]1c1ccccc1OC. The maximum Gasteiger partial charge on any atom is 0.271 e. The number of carbonyl (C=O) groups excluding carboxylic acids is 1. The number of halogens is 2. The van der Waals surface area contributed by atoms with Gasteiger partial charge < -0.3 is 19.1 Å². The molecule has 0 radical (unpaired) electrons. The Morgan fingerprint density at radius 1 is 1.07 bits per heavy atom. The van der Waals surface area contributed by atoms with Crippen LogP contribution in [0.15, 0.2) is 86.2 Å². The van der Waals surface area contributed by atoms with E-state index in [4.69, 9.17) is 30.8 Å². The van der Waals surface area contributed by atoms with Crippen LogP contribution in [-0.4, -0.2) is 42.7 Å². The molecule has 0 fully saturated rings. The van der Waals surface area contributed by atoms with Crippen LogP contribution in [0.1, 0.15) is 43.5 Å². The van der Waals surface area contributed by atoms with Crippen LogP contribution in [0.4, 0.5) is 0 Å². The van der Waals surface area contributed by atoms with Crippen molar-refractivity contribution in [3.8, 4) is 17.2 Å². The molecule has 0 saturated heterocycles. The average Bonchev–Trinajstić information content (AvgIpc) is 3.34. The number of thiazole rings is 1. The highest BCUT2D eigenvalue weighted by molar-refractivity contribution is 9.10. The standard InChI is InChI=1S/C34H33BrClN3O5S/c1-6-38(7-2)33(41)29-20(3)37-34-39(30(29)23-13-9-11-15-26(23)42-4)32(40)28(45-34)18-21-16-24(35)31(27(17-21)43-5)44-19-22-12-8-10-14-25(22)36/h8-18,30H,6-7,19H2,1-5H3/b28-18+/t30-/m1/s1. The fraction of sp³-hybridized carbons (Fsp3) is 0.265. The molecule has 2 heterocycles. The smallest absolute Gasteiger partial charge is 0.271 e. The minimum atomic E-state index is -0.713. The predicted molar refractivity (Wildman–Crippen MR) is 181 cm³/mol. The summed E-state index contributed by atoms with van der Waals surface area (Å²) in [6, 6.07) is 17.9. The average molecular weight is 711 g/mol. The number of aromatic nitrogens is 1. The van der Waals surface area contributed by atoms with Crippen molar-refractivity contribution in [1.29, 1.82) is 0 Å². The summed E-state index contributed by atoms with van der Waals surface area (Å²) in [7, 11) is 3.14. The van der Waals surface area contributed by atoms with Crippen molar-refractivity contribution >= 4 is 50.9 Å². The lowest BCUT2D eigenvalue weighted by atomic mass is 9.94. The minimum Gasteiger partial charge on any atom is -0.496 e. The van der Waals surface area contributed by atoms with Crippen LogP contribution in [0.3, 0.4) is 0 Å². The van der Waals surface area contributed by atoms with Gasteiger partial charge in [-0.25, -0.2) is 4.99 Å². The van der Waals surface area contributed by atoms with Gasteiger partial charge in [-0.05, 0) is 72.6 Å². The van der Waals surface area contributed by atoms with Gasteiger partial charge in [-0.3, -0.25) is 14.2 Å². The quantitative estimate of drug-likeness (QED) is 0.198. The Bertz CT molecular complexity index is 1960. The van der Waals surface area contributed by atoms with Gasteiger partial charge in [-0.15, -0.1) is 0 Å². The summed E-state index contributed by atoms with van der Waals surface area (Å²) >= 11 is 11.2. The Hall–Kier alpha value is -3.86. The lowest BCUT2D eigenvalue weighted by molar-refractivity contribution is -0.127. The van der Waals surface area contributed by atoms with Gasteiger partial charge in [0.2, 0.25) is 0 Å². The van der Waals surface area contributed by atoms with E-state index in [1.165, 1.54) is 11.3 Å². The third kappa shape index (κ3) is 6.45. The minimum absolute atomic E-state index is 0.160. The van der Waals surface area contributed by atoms with Crippen molar-refractivity contribution in [3.05, 3.63) is 118 Å². The van der Waals surface area contributed by atoms with E-state index >= 15 is 0 Å². The molecule has 45 heavy (non-hydrogen) atoms. The highest BCUT2D eigenvalue weighted by atomic mass is 79.9. The second-order valence-electron chi connectivity index (χ2n) is 10.2. The molecule has 0 N–H and O–H groups in total. The van der Waals surface area contributed by atoms with E-state index in [0.717, 1.165) is 11.1 Å². The Kier molecular flexibility index (Phi) is 10.2. The zero-order chi connectivity index (χ0) is 32.2. The van der Waals surface area contributed by atoms with Gasteiger partial charge >= 0.3 is 0 Å².